The lowest BCUT2D eigenvalue weighted by Gasteiger charge is -2.11. The molecule has 6 heteroatoms. The summed E-state index contributed by atoms with van der Waals surface area (Å²) in [4.78, 5) is 11.0. The summed E-state index contributed by atoms with van der Waals surface area (Å²) in [5.74, 6) is -0.537. The second-order valence-corrected chi connectivity index (χ2v) is 3.38. The number of carbonyl (C=O) groups is 1. The fourth-order valence-corrected chi connectivity index (χ4v) is 1.41. The van der Waals surface area contributed by atoms with Gasteiger partial charge in [-0.05, 0) is 19.1 Å². The zero-order chi connectivity index (χ0) is 11.8. The number of hydrogen-bond donors (Lipinski definition) is 1. The van der Waals surface area contributed by atoms with Crippen LogP contribution in [0.1, 0.15) is 22.8 Å². The van der Waals surface area contributed by atoms with E-state index in [0.29, 0.717) is 6.07 Å². The molecule has 1 aromatic rings. The van der Waals surface area contributed by atoms with Crippen LogP contribution in [0, 0.1) is 0 Å². The maximum absolute atomic E-state index is 12.4. The fourth-order valence-electron chi connectivity index (χ4n) is 1.10. The Hall–Kier alpha value is -1.23. The Morgan fingerprint density at radius 2 is 1.93 bits per heavy atom. The molecule has 0 aromatic heterocycles. The smallest absolute Gasteiger partial charge is 0.398 e. The van der Waals surface area contributed by atoms with Gasteiger partial charge in [0.1, 0.15) is 0 Å². The van der Waals surface area contributed by atoms with Gasteiger partial charge in [-0.3, -0.25) is 4.79 Å². The molecule has 2 nitrogen and oxygen atoms in total. The molecule has 15 heavy (non-hydrogen) atoms. The van der Waals surface area contributed by atoms with Crippen molar-refractivity contribution in [1.29, 1.82) is 0 Å². The van der Waals surface area contributed by atoms with Crippen LogP contribution in [-0.2, 0) is 6.18 Å². The summed E-state index contributed by atoms with van der Waals surface area (Å²) in [6.07, 6.45) is -4.58. The third-order valence-corrected chi connectivity index (χ3v) is 2.14. The van der Waals surface area contributed by atoms with Crippen molar-refractivity contribution in [2.45, 2.75) is 13.1 Å². The lowest BCUT2D eigenvalue weighted by Crippen LogP contribution is -2.10. The summed E-state index contributed by atoms with van der Waals surface area (Å²) >= 11 is 5.58. The van der Waals surface area contributed by atoms with Gasteiger partial charge in [-0.1, -0.05) is 11.6 Å². The van der Waals surface area contributed by atoms with Crippen molar-refractivity contribution in [3.8, 4) is 0 Å². The number of halogens is 4. The van der Waals surface area contributed by atoms with Crippen LogP contribution in [-0.4, -0.2) is 5.78 Å². The molecule has 1 aromatic carbocycles. The molecule has 0 saturated carbocycles. The largest absolute Gasteiger partial charge is 0.418 e. The van der Waals surface area contributed by atoms with E-state index >= 15 is 0 Å². The van der Waals surface area contributed by atoms with Crippen molar-refractivity contribution in [3.05, 3.63) is 28.3 Å². The summed E-state index contributed by atoms with van der Waals surface area (Å²) in [5, 5.41) is -0.0759. The van der Waals surface area contributed by atoms with Gasteiger partial charge in [0.25, 0.3) is 0 Å². The third kappa shape index (κ3) is 2.41. The van der Waals surface area contributed by atoms with Crippen LogP contribution >= 0.6 is 11.6 Å². The molecule has 0 atom stereocenters. The van der Waals surface area contributed by atoms with Crippen LogP contribution in [0.4, 0.5) is 18.9 Å². The van der Waals surface area contributed by atoms with E-state index in [1.165, 1.54) is 0 Å². The van der Waals surface area contributed by atoms with Crippen LogP contribution in [0.5, 0.6) is 0 Å². The maximum Gasteiger partial charge on any atom is 0.418 e. The first-order chi connectivity index (χ1) is 6.73. The molecular weight excluding hydrogens is 231 g/mol. The van der Waals surface area contributed by atoms with Gasteiger partial charge in [0.2, 0.25) is 0 Å². The number of hydrogen-bond acceptors (Lipinski definition) is 2. The topological polar surface area (TPSA) is 43.1 Å². The molecule has 82 valence electrons. The molecule has 0 fully saturated rings. The zero-order valence-electron chi connectivity index (χ0n) is 7.65. The zero-order valence-corrected chi connectivity index (χ0v) is 8.41. The van der Waals surface area contributed by atoms with E-state index in [-0.39, 0.29) is 10.6 Å². The first-order valence-corrected chi connectivity index (χ1v) is 4.28. The molecule has 0 saturated heterocycles. The second-order valence-electron chi connectivity index (χ2n) is 2.97. The molecule has 0 bridgehead atoms. The predicted molar refractivity (Wildman–Crippen MR) is 50.9 cm³/mol. The number of alkyl halides is 3. The van der Waals surface area contributed by atoms with E-state index in [1.54, 1.807) is 0 Å². The lowest BCUT2D eigenvalue weighted by molar-refractivity contribution is -0.136. The molecule has 2 N–H and O–H groups in total. The van der Waals surface area contributed by atoms with Crippen molar-refractivity contribution in [2.24, 2.45) is 0 Å². The quantitative estimate of drug-likeness (QED) is 0.602. The fraction of sp³-hybridized carbons (Fsp3) is 0.222. The van der Waals surface area contributed by atoms with Gasteiger partial charge in [-0.15, -0.1) is 0 Å². The monoisotopic (exact) mass is 237 g/mol. The van der Waals surface area contributed by atoms with Crippen molar-refractivity contribution in [3.63, 3.8) is 0 Å². The predicted octanol–water partition coefficient (Wildman–Crippen LogP) is 3.14. The van der Waals surface area contributed by atoms with Crippen LogP contribution < -0.4 is 5.73 Å². The summed E-state index contributed by atoms with van der Waals surface area (Å²) in [7, 11) is 0. The molecule has 1 rings (SSSR count). The molecular formula is C9H7ClF3NO. The molecule has 0 unspecified atom stereocenters. The standard InChI is InChI=1S/C9H7ClF3NO/c1-4(15)5-2-6(9(11,12)13)8(14)3-7(5)10/h2-3H,14H2,1H3. The van der Waals surface area contributed by atoms with Gasteiger partial charge < -0.3 is 5.73 Å². The summed E-state index contributed by atoms with van der Waals surface area (Å²) in [6.45, 7) is 1.14. The number of benzene rings is 1. The average molecular weight is 238 g/mol. The third-order valence-electron chi connectivity index (χ3n) is 1.82. The Balaban J connectivity index is 3.43. The SMILES string of the molecule is CC(=O)c1cc(C(F)(F)F)c(N)cc1Cl. The highest BCUT2D eigenvalue weighted by Crippen LogP contribution is 2.36. The molecule has 0 heterocycles. The van der Waals surface area contributed by atoms with E-state index in [1.807, 2.05) is 0 Å². The molecule has 0 aliphatic rings. The number of ketones is 1. The normalized spacial score (nSPS) is 11.5. The molecule has 0 aliphatic carbocycles. The van der Waals surface area contributed by atoms with E-state index < -0.39 is 23.2 Å². The average Bonchev–Trinajstić information content (AvgIpc) is 2.00. The minimum atomic E-state index is -4.58. The number of anilines is 1. The van der Waals surface area contributed by atoms with Crippen LogP contribution in [0.3, 0.4) is 0 Å². The lowest BCUT2D eigenvalue weighted by atomic mass is 10.1. The highest BCUT2D eigenvalue weighted by atomic mass is 35.5. The Morgan fingerprint density at radius 1 is 1.40 bits per heavy atom. The van der Waals surface area contributed by atoms with Crippen LogP contribution in [0.15, 0.2) is 12.1 Å². The van der Waals surface area contributed by atoms with Crippen LogP contribution in [0.25, 0.3) is 0 Å². The van der Waals surface area contributed by atoms with Gasteiger partial charge in [0.05, 0.1) is 10.6 Å². The highest BCUT2D eigenvalue weighted by molar-refractivity contribution is 6.34. The second kappa shape index (κ2) is 3.73. The van der Waals surface area contributed by atoms with E-state index in [4.69, 9.17) is 17.3 Å². The van der Waals surface area contributed by atoms with E-state index in [0.717, 1.165) is 13.0 Å². The number of nitrogen functional groups attached to an aromatic ring is 1. The molecule has 0 aliphatic heterocycles. The molecule has 0 radical (unpaired) electrons. The summed E-state index contributed by atoms with van der Waals surface area (Å²) < 4.78 is 37.2. The van der Waals surface area contributed by atoms with Gasteiger partial charge >= 0.3 is 6.18 Å². The molecule has 0 spiro atoms. The summed E-state index contributed by atoms with van der Waals surface area (Å²) in [5.41, 5.74) is 3.45. The highest BCUT2D eigenvalue weighted by Gasteiger charge is 2.34. The van der Waals surface area contributed by atoms with Gasteiger partial charge in [-0.2, -0.15) is 13.2 Å². The van der Waals surface area contributed by atoms with E-state index in [9.17, 15) is 18.0 Å². The maximum atomic E-state index is 12.4. The minimum absolute atomic E-state index is 0.0759. The number of rotatable bonds is 1. The first kappa shape index (κ1) is 11.8. The Kier molecular flexibility index (Phi) is 2.95. The number of Topliss-reactive ketones (excluding diaryl/α,β-unsaturated/α-hetero) is 1. The minimum Gasteiger partial charge on any atom is -0.398 e. The van der Waals surface area contributed by atoms with Crippen LogP contribution in [0.2, 0.25) is 5.02 Å². The van der Waals surface area contributed by atoms with Gasteiger partial charge in [-0.25, -0.2) is 0 Å². The summed E-state index contributed by atoms with van der Waals surface area (Å²) in [6, 6.07) is 1.60. The van der Waals surface area contributed by atoms with Gasteiger partial charge in [0.15, 0.2) is 5.78 Å². The Bertz CT molecular complexity index is 415. The number of carbonyl (C=O) groups excluding carboxylic acids is 1. The van der Waals surface area contributed by atoms with E-state index in [2.05, 4.69) is 0 Å². The number of nitrogens with two attached hydrogens (primary N) is 1. The molecule has 0 amide bonds. The van der Waals surface area contributed by atoms with Crippen molar-refractivity contribution in [2.75, 3.05) is 5.73 Å². The van der Waals surface area contributed by atoms with Crippen molar-refractivity contribution >= 4 is 23.1 Å². The first-order valence-electron chi connectivity index (χ1n) is 3.90. The van der Waals surface area contributed by atoms with Crippen molar-refractivity contribution < 1.29 is 18.0 Å². The van der Waals surface area contributed by atoms with Crippen molar-refractivity contribution in [1.82, 2.24) is 0 Å². The Labute approximate surface area is 88.8 Å². The Morgan fingerprint density at radius 3 is 2.33 bits per heavy atom. The van der Waals surface area contributed by atoms with Gasteiger partial charge in [0, 0.05) is 11.3 Å².